The maximum atomic E-state index is 11.6. The first kappa shape index (κ1) is 13.0. The Morgan fingerprint density at radius 2 is 2.25 bits per heavy atom. The molecule has 1 aromatic rings. The summed E-state index contributed by atoms with van der Waals surface area (Å²) in [6, 6.07) is 5.30. The zero-order chi connectivity index (χ0) is 12.1. The first-order valence-electron chi connectivity index (χ1n) is 5.06. The summed E-state index contributed by atoms with van der Waals surface area (Å²) in [5.74, 6) is -0.0326. The molecule has 0 bridgehead atoms. The second-order valence-corrected chi connectivity index (χ2v) is 4.47. The zero-order valence-electron chi connectivity index (χ0n) is 9.46. The van der Waals surface area contributed by atoms with Crippen molar-refractivity contribution in [3.8, 4) is 0 Å². The number of hydrogen-bond acceptors (Lipinski definition) is 3. The molecule has 16 heavy (non-hydrogen) atoms. The fourth-order valence-corrected chi connectivity index (χ4v) is 1.68. The van der Waals surface area contributed by atoms with Crippen LogP contribution in [0.25, 0.3) is 0 Å². The normalized spacial score (nSPS) is 10.5. The number of likely N-dealkylation sites (N-methyl/N-ethyl adjacent to an activating group) is 1. The summed E-state index contributed by atoms with van der Waals surface area (Å²) >= 11 is 3.35. The van der Waals surface area contributed by atoms with E-state index in [0.29, 0.717) is 12.2 Å². The maximum Gasteiger partial charge on any atom is 0.238 e. The van der Waals surface area contributed by atoms with E-state index in [2.05, 4.69) is 21.2 Å². The van der Waals surface area contributed by atoms with Crippen LogP contribution in [0.15, 0.2) is 22.7 Å². The number of nitrogens with two attached hydrogens (primary N) is 1. The lowest BCUT2D eigenvalue weighted by atomic mass is 10.3. The number of rotatable bonds is 4. The van der Waals surface area contributed by atoms with Gasteiger partial charge in [-0.3, -0.25) is 9.69 Å². The molecule has 0 saturated carbocycles. The summed E-state index contributed by atoms with van der Waals surface area (Å²) in [5, 5.41) is 2.82. The minimum atomic E-state index is -0.0326. The van der Waals surface area contributed by atoms with E-state index in [1.54, 1.807) is 18.2 Å². The Hall–Kier alpha value is -1.07. The molecule has 1 amide bonds. The summed E-state index contributed by atoms with van der Waals surface area (Å²) < 4.78 is 0.792. The molecule has 0 saturated heterocycles. The van der Waals surface area contributed by atoms with Crippen molar-refractivity contribution in [2.75, 3.05) is 31.2 Å². The zero-order valence-corrected chi connectivity index (χ0v) is 11.0. The number of anilines is 2. The van der Waals surface area contributed by atoms with Gasteiger partial charge in [0.15, 0.2) is 0 Å². The Balaban J connectivity index is 2.63. The highest BCUT2D eigenvalue weighted by molar-refractivity contribution is 9.10. The largest absolute Gasteiger partial charge is 0.399 e. The number of amides is 1. The van der Waals surface area contributed by atoms with Gasteiger partial charge in [-0.15, -0.1) is 0 Å². The van der Waals surface area contributed by atoms with Crippen molar-refractivity contribution < 1.29 is 4.79 Å². The number of nitrogen functional groups attached to an aromatic ring is 1. The van der Waals surface area contributed by atoms with Crippen molar-refractivity contribution in [1.82, 2.24) is 4.90 Å². The highest BCUT2D eigenvalue weighted by Gasteiger charge is 2.07. The lowest BCUT2D eigenvalue weighted by Gasteiger charge is -2.14. The molecule has 0 aliphatic heterocycles. The second-order valence-electron chi connectivity index (χ2n) is 3.62. The van der Waals surface area contributed by atoms with Crippen molar-refractivity contribution in [3.05, 3.63) is 22.7 Å². The van der Waals surface area contributed by atoms with Gasteiger partial charge < -0.3 is 11.1 Å². The molecule has 1 rings (SSSR count). The quantitative estimate of drug-likeness (QED) is 0.831. The van der Waals surface area contributed by atoms with Gasteiger partial charge in [-0.1, -0.05) is 6.92 Å². The highest BCUT2D eigenvalue weighted by atomic mass is 79.9. The Kier molecular flexibility index (Phi) is 4.76. The van der Waals surface area contributed by atoms with Crippen LogP contribution >= 0.6 is 15.9 Å². The molecular formula is C11H16BrN3O. The summed E-state index contributed by atoms with van der Waals surface area (Å²) in [6.07, 6.45) is 0. The van der Waals surface area contributed by atoms with Crippen molar-refractivity contribution >= 4 is 33.2 Å². The monoisotopic (exact) mass is 285 g/mol. The number of nitrogens with one attached hydrogen (secondary N) is 1. The predicted octanol–water partition coefficient (Wildman–Crippen LogP) is 1.92. The van der Waals surface area contributed by atoms with E-state index in [1.165, 1.54) is 0 Å². The molecule has 0 heterocycles. The van der Waals surface area contributed by atoms with Gasteiger partial charge in [0.1, 0.15) is 0 Å². The molecule has 0 unspecified atom stereocenters. The van der Waals surface area contributed by atoms with Crippen LogP contribution in [0.1, 0.15) is 6.92 Å². The Labute approximate surface area is 104 Å². The van der Waals surface area contributed by atoms with Crippen LogP contribution in [-0.4, -0.2) is 30.9 Å². The molecule has 0 atom stereocenters. The molecular weight excluding hydrogens is 270 g/mol. The predicted molar refractivity (Wildman–Crippen MR) is 70.4 cm³/mol. The van der Waals surface area contributed by atoms with Crippen molar-refractivity contribution in [1.29, 1.82) is 0 Å². The number of carbonyl (C=O) groups excluding carboxylic acids is 1. The van der Waals surface area contributed by atoms with Crippen LogP contribution in [-0.2, 0) is 4.79 Å². The fourth-order valence-electron chi connectivity index (χ4n) is 1.18. The molecule has 0 radical (unpaired) electrons. The van der Waals surface area contributed by atoms with Gasteiger partial charge in [0.2, 0.25) is 5.91 Å². The van der Waals surface area contributed by atoms with E-state index in [9.17, 15) is 4.79 Å². The SMILES string of the molecule is CCN(C)CC(=O)Nc1ccc(N)cc1Br. The molecule has 0 aliphatic rings. The Morgan fingerprint density at radius 1 is 1.56 bits per heavy atom. The summed E-state index contributed by atoms with van der Waals surface area (Å²) in [5.41, 5.74) is 7.01. The Morgan fingerprint density at radius 3 is 2.81 bits per heavy atom. The van der Waals surface area contributed by atoms with Crippen molar-refractivity contribution in [2.45, 2.75) is 6.92 Å². The van der Waals surface area contributed by atoms with Gasteiger partial charge in [0, 0.05) is 10.2 Å². The molecule has 0 spiro atoms. The minimum Gasteiger partial charge on any atom is -0.399 e. The lowest BCUT2D eigenvalue weighted by Crippen LogP contribution is -2.30. The summed E-state index contributed by atoms with van der Waals surface area (Å²) in [4.78, 5) is 13.5. The molecule has 4 nitrogen and oxygen atoms in total. The van der Waals surface area contributed by atoms with Gasteiger partial charge in [0.05, 0.1) is 12.2 Å². The molecule has 1 aromatic carbocycles. The van der Waals surface area contributed by atoms with Crippen LogP contribution in [0.5, 0.6) is 0 Å². The van der Waals surface area contributed by atoms with E-state index in [4.69, 9.17) is 5.73 Å². The molecule has 5 heteroatoms. The van der Waals surface area contributed by atoms with Gasteiger partial charge in [-0.05, 0) is 47.7 Å². The summed E-state index contributed by atoms with van der Waals surface area (Å²) in [6.45, 7) is 3.23. The van der Waals surface area contributed by atoms with Crippen LogP contribution in [0.2, 0.25) is 0 Å². The van der Waals surface area contributed by atoms with Gasteiger partial charge in [-0.25, -0.2) is 0 Å². The maximum absolute atomic E-state index is 11.6. The molecule has 0 fully saturated rings. The van der Waals surface area contributed by atoms with E-state index in [1.807, 2.05) is 18.9 Å². The average molecular weight is 286 g/mol. The van der Waals surface area contributed by atoms with Crippen LogP contribution in [0.3, 0.4) is 0 Å². The molecule has 3 N–H and O–H groups in total. The number of nitrogens with zero attached hydrogens (tertiary/aromatic N) is 1. The van der Waals surface area contributed by atoms with E-state index >= 15 is 0 Å². The fraction of sp³-hybridized carbons (Fsp3) is 0.364. The first-order chi connectivity index (χ1) is 7.52. The number of carbonyl (C=O) groups is 1. The van der Waals surface area contributed by atoms with Gasteiger partial charge >= 0.3 is 0 Å². The minimum absolute atomic E-state index is 0.0326. The van der Waals surface area contributed by atoms with E-state index < -0.39 is 0 Å². The molecule has 0 aromatic heterocycles. The van der Waals surface area contributed by atoms with Crippen LogP contribution in [0.4, 0.5) is 11.4 Å². The van der Waals surface area contributed by atoms with Crippen LogP contribution in [0, 0.1) is 0 Å². The lowest BCUT2D eigenvalue weighted by molar-refractivity contribution is -0.117. The smallest absolute Gasteiger partial charge is 0.238 e. The van der Waals surface area contributed by atoms with E-state index in [0.717, 1.165) is 16.7 Å². The van der Waals surface area contributed by atoms with Crippen molar-refractivity contribution in [2.24, 2.45) is 0 Å². The van der Waals surface area contributed by atoms with Gasteiger partial charge in [-0.2, -0.15) is 0 Å². The summed E-state index contributed by atoms with van der Waals surface area (Å²) in [7, 11) is 1.90. The van der Waals surface area contributed by atoms with Crippen LogP contribution < -0.4 is 11.1 Å². The topological polar surface area (TPSA) is 58.4 Å². The average Bonchev–Trinajstić information content (AvgIpc) is 2.22. The third kappa shape index (κ3) is 3.83. The third-order valence-corrected chi connectivity index (χ3v) is 2.88. The number of benzene rings is 1. The second kappa shape index (κ2) is 5.86. The Bertz CT molecular complexity index is 381. The number of halogens is 1. The van der Waals surface area contributed by atoms with E-state index in [-0.39, 0.29) is 5.91 Å². The molecule has 88 valence electrons. The standard InChI is InChI=1S/C11H16BrN3O/c1-3-15(2)7-11(16)14-10-5-4-8(13)6-9(10)12/h4-6H,3,7,13H2,1-2H3,(H,14,16). The first-order valence-corrected chi connectivity index (χ1v) is 5.85. The third-order valence-electron chi connectivity index (χ3n) is 2.22. The van der Waals surface area contributed by atoms with Crippen molar-refractivity contribution in [3.63, 3.8) is 0 Å². The number of hydrogen-bond donors (Lipinski definition) is 2. The molecule has 0 aliphatic carbocycles. The van der Waals surface area contributed by atoms with Gasteiger partial charge in [0.25, 0.3) is 0 Å². The highest BCUT2D eigenvalue weighted by Crippen LogP contribution is 2.24.